The average Bonchev–Trinajstić information content (AvgIpc) is 2.88. The zero-order valence-electron chi connectivity index (χ0n) is 10.7. The van der Waals surface area contributed by atoms with Gasteiger partial charge in [-0.15, -0.1) is 0 Å². The first-order valence-corrected chi connectivity index (χ1v) is 7.60. The molecule has 0 amide bonds. The highest BCUT2D eigenvalue weighted by molar-refractivity contribution is 7.89. The van der Waals surface area contributed by atoms with Gasteiger partial charge < -0.3 is 10.5 Å². The summed E-state index contributed by atoms with van der Waals surface area (Å²) in [6, 6.07) is 3.12. The van der Waals surface area contributed by atoms with Crippen LogP contribution in [0.4, 0.5) is 4.39 Å². The quantitative estimate of drug-likeness (QED) is 0.781. The van der Waals surface area contributed by atoms with E-state index in [4.69, 9.17) is 10.5 Å². The van der Waals surface area contributed by atoms with E-state index in [1.807, 2.05) is 0 Å². The van der Waals surface area contributed by atoms with Gasteiger partial charge in [-0.3, -0.25) is 0 Å². The van der Waals surface area contributed by atoms with E-state index in [1.165, 1.54) is 6.07 Å². The number of ether oxygens (including phenoxy) is 1. The molecule has 1 aliphatic rings. The molecule has 5 nitrogen and oxygen atoms in total. The Bertz CT molecular complexity index is 643. The maximum Gasteiger partial charge on any atom is 0.242 e. The molecule has 0 radical (unpaired) electrons. The number of nitrogens with two attached hydrogens (primary N) is 1. The lowest BCUT2D eigenvalue weighted by Crippen LogP contribution is -2.35. The lowest BCUT2D eigenvalue weighted by atomic mass is 10.2. The third-order valence-electron chi connectivity index (χ3n) is 2.81. The molecule has 7 heteroatoms. The van der Waals surface area contributed by atoms with Crippen molar-refractivity contribution in [3.05, 3.63) is 29.6 Å². The minimum atomic E-state index is -3.76. The van der Waals surface area contributed by atoms with Crippen molar-refractivity contribution >= 4 is 10.0 Å². The molecule has 0 spiro atoms. The first-order valence-electron chi connectivity index (χ1n) is 6.11. The summed E-state index contributed by atoms with van der Waals surface area (Å²) in [5.74, 6) is 4.56. The Kier molecular flexibility index (Phi) is 4.73. The van der Waals surface area contributed by atoms with Gasteiger partial charge in [-0.2, -0.15) is 0 Å². The van der Waals surface area contributed by atoms with Gasteiger partial charge in [-0.1, -0.05) is 11.8 Å². The molecule has 1 atom stereocenters. The first-order chi connectivity index (χ1) is 9.53. The number of hydrogen-bond acceptors (Lipinski definition) is 4. The highest BCUT2D eigenvalue weighted by Gasteiger charge is 2.25. The molecule has 0 saturated carbocycles. The molecule has 108 valence electrons. The van der Waals surface area contributed by atoms with Crippen molar-refractivity contribution in [2.45, 2.75) is 17.4 Å². The second-order valence-corrected chi connectivity index (χ2v) is 6.01. The maximum atomic E-state index is 13.2. The van der Waals surface area contributed by atoms with E-state index in [9.17, 15) is 12.8 Å². The fraction of sp³-hybridized carbons (Fsp3) is 0.385. The van der Waals surface area contributed by atoms with E-state index in [0.29, 0.717) is 19.6 Å². The van der Waals surface area contributed by atoms with Crippen LogP contribution < -0.4 is 10.5 Å². The number of sulfonamides is 1. The van der Waals surface area contributed by atoms with E-state index in [0.717, 1.165) is 12.1 Å². The molecule has 3 N–H and O–H groups in total. The molecule has 1 heterocycles. The van der Waals surface area contributed by atoms with Crippen molar-refractivity contribution in [2.75, 3.05) is 19.8 Å². The van der Waals surface area contributed by atoms with E-state index in [-0.39, 0.29) is 23.0 Å². The highest BCUT2D eigenvalue weighted by Crippen LogP contribution is 2.18. The van der Waals surface area contributed by atoms with Gasteiger partial charge in [0, 0.05) is 18.2 Å². The van der Waals surface area contributed by atoms with E-state index >= 15 is 0 Å². The summed E-state index contributed by atoms with van der Waals surface area (Å²) < 4.78 is 45.5. The summed E-state index contributed by atoms with van der Waals surface area (Å²) in [5, 5.41) is 0. The molecule has 0 aromatic heterocycles. The Balaban J connectivity index is 2.34. The van der Waals surface area contributed by atoms with E-state index in [2.05, 4.69) is 16.6 Å². The molecule has 0 bridgehead atoms. The summed E-state index contributed by atoms with van der Waals surface area (Å²) in [7, 11) is -3.76. The van der Waals surface area contributed by atoms with Crippen molar-refractivity contribution in [3.8, 4) is 11.8 Å². The van der Waals surface area contributed by atoms with Gasteiger partial charge in [-0.25, -0.2) is 17.5 Å². The summed E-state index contributed by atoms with van der Waals surface area (Å²) in [6.07, 6.45) is 0.615. The van der Waals surface area contributed by atoms with Gasteiger partial charge in [-0.05, 0) is 24.6 Å². The predicted octanol–water partition coefficient (Wildman–Crippen LogP) is 0.203. The second kappa shape index (κ2) is 6.33. The molecular weight excluding hydrogens is 283 g/mol. The third kappa shape index (κ3) is 3.55. The van der Waals surface area contributed by atoms with Gasteiger partial charge in [0.05, 0.1) is 18.0 Å². The molecule has 20 heavy (non-hydrogen) atoms. The van der Waals surface area contributed by atoms with Crippen molar-refractivity contribution in [1.82, 2.24) is 4.72 Å². The largest absolute Gasteiger partial charge is 0.380 e. The topological polar surface area (TPSA) is 81.4 Å². The van der Waals surface area contributed by atoms with Gasteiger partial charge in [0.2, 0.25) is 10.0 Å². The van der Waals surface area contributed by atoms with Crippen molar-refractivity contribution < 1.29 is 17.5 Å². The Labute approximate surface area is 117 Å². The molecule has 1 aromatic carbocycles. The monoisotopic (exact) mass is 298 g/mol. The Morgan fingerprint density at radius 2 is 2.30 bits per heavy atom. The summed E-state index contributed by atoms with van der Waals surface area (Å²) in [4.78, 5) is -0.0493. The van der Waals surface area contributed by atoms with Crippen LogP contribution in [0.25, 0.3) is 0 Å². The lowest BCUT2D eigenvalue weighted by molar-refractivity contribution is 0.192. The van der Waals surface area contributed by atoms with E-state index in [1.54, 1.807) is 0 Å². The Morgan fingerprint density at radius 3 is 2.95 bits per heavy atom. The minimum Gasteiger partial charge on any atom is -0.380 e. The van der Waals surface area contributed by atoms with Gasteiger partial charge >= 0.3 is 0 Å². The molecule has 1 saturated heterocycles. The average molecular weight is 298 g/mol. The first kappa shape index (κ1) is 14.9. The third-order valence-corrected chi connectivity index (χ3v) is 4.39. The van der Waals surface area contributed by atoms with Gasteiger partial charge in [0.1, 0.15) is 5.82 Å². The van der Waals surface area contributed by atoms with E-state index < -0.39 is 15.8 Å². The molecule has 0 aliphatic carbocycles. The summed E-state index contributed by atoms with van der Waals surface area (Å²) in [5.41, 5.74) is 5.36. The number of hydrogen-bond donors (Lipinski definition) is 2. The van der Waals surface area contributed by atoms with Crippen LogP contribution in [-0.2, 0) is 14.8 Å². The second-order valence-electron chi connectivity index (χ2n) is 4.33. The van der Waals surface area contributed by atoms with Crippen LogP contribution in [0.2, 0.25) is 0 Å². The van der Waals surface area contributed by atoms with Crippen molar-refractivity contribution in [2.24, 2.45) is 5.73 Å². The maximum absolute atomic E-state index is 13.2. The van der Waals surface area contributed by atoms with Crippen molar-refractivity contribution in [3.63, 3.8) is 0 Å². The summed E-state index contributed by atoms with van der Waals surface area (Å²) in [6.45, 7) is 0.931. The van der Waals surface area contributed by atoms with Crippen molar-refractivity contribution in [1.29, 1.82) is 0 Å². The van der Waals surface area contributed by atoms with Gasteiger partial charge in [0.15, 0.2) is 0 Å². The molecule has 1 aromatic rings. The normalized spacial score (nSPS) is 18.6. The van der Waals surface area contributed by atoms with Crippen LogP contribution in [0.3, 0.4) is 0 Å². The fourth-order valence-electron chi connectivity index (χ4n) is 1.89. The van der Waals surface area contributed by atoms with Crippen LogP contribution in [0.15, 0.2) is 23.1 Å². The zero-order chi connectivity index (χ0) is 14.6. The fourth-order valence-corrected chi connectivity index (χ4v) is 3.29. The Morgan fingerprint density at radius 1 is 1.50 bits per heavy atom. The zero-order valence-corrected chi connectivity index (χ0v) is 11.5. The van der Waals surface area contributed by atoms with Crippen LogP contribution in [-0.4, -0.2) is 34.2 Å². The molecule has 1 fully saturated rings. The molecule has 1 aliphatic heterocycles. The smallest absolute Gasteiger partial charge is 0.242 e. The molecule has 2 rings (SSSR count). The lowest BCUT2D eigenvalue weighted by Gasteiger charge is -2.12. The number of nitrogens with one attached hydrogen (secondary N) is 1. The number of rotatable bonds is 3. The predicted molar refractivity (Wildman–Crippen MR) is 71.9 cm³/mol. The van der Waals surface area contributed by atoms with Gasteiger partial charge in [0.25, 0.3) is 0 Å². The number of halogens is 1. The highest BCUT2D eigenvalue weighted by atomic mass is 32.2. The molecular formula is C13H15FN2O3S. The Hall–Kier alpha value is -1.46. The SMILES string of the molecule is NCC#Cc1cc(F)ccc1S(=O)(=O)NC1CCOC1. The standard InChI is InChI=1S/C13H15FN2O3S/c14-11-3-4-13(10(8-11)2-1-6-15)20(17,18)16-12-5-7-19-9-12/h3-4,8,12,16H,5-7,9,15H2. The van der Waals surface area contributed by atoms with Crippen LogP contribution in [0.1, 0.15) is 12.0 Å². The van der Waals surface area contributed by atoms with Crippen LogP contribution >= 0.6 is 0 Å². The summed E-state index contributed by atoms with van der Waals surface area (Å²) >= 11 is 0. The van der Waals surface area contributed by atoms with Crippen LogP contribution in [0.5, 0.6) is 0 Å². The number of benzene rings is 1. The molecule has 1 unspecified atom stereocenters. The van der Waals surface area contributed by atoms with Crippen LogP contribution in [0, 0.1) is 17.7 Å². The minimum absolute atomic E-state index is 0.0493.